The quantitative estimate of drug-likeness (QED) is 0.812. The Labute approximate surface area is 119 Å². The summed E-state index contributed by atoms with van der Waals surface area (Å²) in [6.45, 7) is 5.08. The van der Waals surface area contributed by atoms with Crippen LogP contribution >= 0.6 is 0 Å². The molecule has 106 valence electrons. The first kappa shape index (κ1) is 14.1. The van der Waals surface area contributed by atoms with Gasteiger partial charge >= 0.3 is 0 Å². The fourth-order valence-electron chi connectivity index (χ4n) is 1.83. The van der Waals surface area contributed by atoms with E-state index < -0.39 is 0 Å². The van der Waals surface area contributed by atoms with Gasteiger partial charge in [-0.3, -0.25) is 0 Å². The molecule has 0 aliphatic rings. The highest BCUT2D eigenvalue weighted by atomic mass is 16.5. The molecular weight excluding hydrogens is 254 g/mol. The highest BCUT2D eigenvalue weighted by molar-refractivity contribution is 5.51. The van der Waals surface area contributed by atoms with E-state index in [2.05, 4.69) is 0 Å². The molecule has 2 rings (SSSR count). The largest absolute Gasteiger partial charge is 0.494 e. The van der Waals surface area contributed by atoms with Crippen molar-refractivity contribution in [2.24, 2.45) is 0 Å². The fourth-order valence-corrected chi connectivity index (χ4v) is 1.83. The maximum atomic E-state index is 5.84. The molecule has 0 fully saturated rings. The van der Waals surface area contributed by atoms with E-state index in [0.717, 1.165) is 5.75 Å². The topological polar surface area (TPSA) is 53.7 Å². The van der Waals surface area contributed by atoms with Crippen molar-refractivity contribution in [3.05, 3.63) is 42.5 Å². The lowest BCUT2D eigenvalue weighted by Gasteiger charge is -2.11. The third kappa shape index (κ3) is 3.82. The zero-order valence-electron chi connectivity index (χ0n) is 11.8. The normalized spacial score (nSPS) is 10.1. The molecule has 4 heteroatoms. The number of nitrogen functional groups attached to an aromatic ring is 1. The van der Waals surface area contributed by atoms with Crippen LogP contribution in [-0.2, 0) is 0 Å². The minimum Gasteiger partial charge on any atom is -0.494 e. The number of benzene rings is 2. The van der Waals surface area contributed by atoms with E-state index >= 15 is 0 Å². The predicted octanol–water partition coefficient (Wildman–Crippen LogP) is 3.86. The van der Waals surface area contributed by atoms with Crippen LogP contribution in [0.25, 0.3) is 0 Å². The van der Waals surface area contributed by atoms with Crippen molar-refractivity contribution in [2.45, 2.75) is 13.8 Å². The lowest BCUT2D eigenvalue weighted by atomic mass is 10.2. The second-order valence-corrected chi connectivity index (χ2v) is 4.18. The Morgan fingerprint density at radius 3 is 2.15 bits per heavy atom. The molecule has 0 heterocycles. The van der Waals surface area contributed by atoms with Crippen LogP contribution in [0.15, 0.2) is 42.5 Å². The average molecular weight is 273 g/mol. The molecule has 2 aromatic rings. The van der Waals surface area contributed by atoms with Crippen LogP contribution in [0.4, 0.5) is 5.69 Å². The molecule has 0 amide bonds. The second-order valence-electron chi connectivity index (χ2n) is 4.18. The summed E-state index contributed by atoms with van der Waals surface area (Å²) in [6.07, 6.45) is 0. The third-order valence-electron chi connectivity index (χ3n) is 2.57. The molecule has 0 aliphatic heterocycles. The molecule has 2 aromatic carbocycles. The van der Waals surface area contributed by atoms with Gasteiger partial charge in [0.1, 0.15) is 23.0 Å². The minimum absolute atomic E-state index is 0.586. The van der Waals surface area contributed by atoms with Gasteiger partial charge in [-0.15, -0.1) is 0 Å². The van der Waals surface area contributed by atoms with Gasteiger partial charge in [-0.1, -0.05) is 6.07 Å². The molecule has 0 unspecified atom stereocenters. The molecule has 0 spiro atoms. The Kier molecular flexibility index (Phi) is 4.71. The number of ether oxygens (including phenoxy) is 3. The van der Waals surface area contributed by atoms with Crippen molar-refractivity contribution in [2.75, 3.05) is 18.9 Å². The average Bonchev–Trinajstić information content (AvgIpc) is 2.39. The number of rotatable bonds is 6. The van der Waals surface area contributed by atoms with Crippen LogP contribution in [0.3, 0.4) is 0 Å². The summed E-state index contributed by atoms with van der Waals surface area (Å²) < 4.78 is 16.7. The molecule has 20 heavy (non-hydrogen) atoms. The summed E-state index contributed by atoms with van der Waals surface area (Å²) >= 11 is 0. The smallest absolute Gasteiger partial charge is 0.133 e. The first-order chi connectivity index (χ1) is 9.71. The summed E-state index contributed by atoms with van der Waals surface area (Å²) in [5.41, 5.74) is 6.44. The van der Waals surface area contributed by atoms with E-state index in [1.807, 2.05) is 44.2 Å². The molecule has 2 N–H and O–H groups in total. The summed E-state index contributed by atoms with van der Waals surface area (Å²) in [6, 6.07) is 12.8. The van der Waals surface area contributed by atoms with Crippen molar-refractivity contribution < 1.29 is 14.2 Å². The SMILES string of the molecule is CCOc1cccc(Oc2cc(N)cc(OCC)c2)c1. The molecule has 0 aromatic heterocycles. The van der Waals surface area contributed by atoms with Gasteiger partial charge in [-0.05, 0) is 26.0 Å². The molecule has 0 saturated carbocycles. The number of hydrogen-bond acceptors (Lipinski definition) is 4. The van der Waals surface area contributed by atoms with Crippen molar-refractivity contribution in [1.29, 1.82) is 0 Å². The summed E-state index contributed by atoms with van der Waals surface area (Å²) in [5, 5.41) is 0. The maximum absolute atomic E-state index is 5.84. The van der Waals surface area contributed by atoms with Crippen LogP contribution in [0.2, 0.25) is 0 Å². The Balaban J connectivity index is 2.18. The molecule has 0 atom stereocenters. The van der Waals surface area contributed by atoms with E-state index in [4.69, 9.17) is 19.9 Å². The van der Waals surface area contributed by atoms with E-state index in [0.29, 0.717) is 36.1 Å². The second kappa shape index (κ2) is 6.70. The van der Waals surface area contributed by atoms with Gasteiger partial charge in [0.25, 0.3) is 0 Å². The fraction of sp³-hybridized carbons (Fsp3) is 0.250. The molecule has 0 radical (unpaired) electrons. The van der Waals surface area contributed by atoms with Crippen LogP contribution in [0.1, 0.15) is 13.8 Å². The van der Waals surface area contributed by atoms with Crippen molar-refractivity contribution in [3.8, 4) is 23.0 Å². The minimum atomic E-state index is 0.586. The van der Waals surface area contributed by atoms with Gasteiger partial charge in [0.2, 0.25) is 0 Å². The summed E-state index contributed by atoms with van der Waals surface area (Å²) in [4.78, 5) is 0. The molecular formula is C16H19NO3. The first-order valence-corrected chi connectivity index (χ1v) is 6.65. The van der Waals surface area contributed by atoms with Crippen molar-refractivity contribution in [3.63, 3.8) is 0 Å². The number of hydrogen-bond donors (Lipinski definition) is 1. The Bertz CT molecular complexity index is 569. The highest BCUT2D eigenvalue weighted by Gasteiger charge is 2.03. The van der Waals surface area contributed by atoms with Crippen LogP contribution < -0.4 is 19.9 Å². The molecule has 0 saturated heterocycles. The first-order valence-electron chi connectivity index (χ1n) is 6.65. The van der Waals surface area contributed by atoms with Gasteiger partial charge < -0.3 is 19.9 Å². The van der Waals surface area contributed by atoms with Gasteiger partial charge in [0.15, 0.2) is 0 Å². The standard InChI is InChI=1S/C16H19NO3/c1-3-18-13-6-5-7-14(10-13)20-16-9-12(17)8-15(11-16)19-4-2/h5-11H,3-4,17H2,1-2H3. The zero-order valence-corrected chi connectivity index (χ0v) is 11.8. The van der Waals surface area contributed by atoms with Gasteiger partial charge in [-0.25, -0.2) is 0 Å². The predicted molar refractivity (Wildman–Crippen MR) is 79.7 cm³/mol. The van der Waals surface area contributed by atoms with Crippen LogP contribution in [0, 0.1) is 0 Å². The van der Waals surface area contributed by atoms with Gasteiger partial charge in [0, 0.05) is 30.0 Å². The summed E-state index contributed by atoms with van der Waals surface area (Å²) in [7, 11) is 0. The van der Waals surface area contributed by atoms with Crippen LogP contribution in [0.5, 0.6) is 23.0 Å². The Morgan fingerprint density at radius 1 is 0.800 bits per heavy atom. The van der Waals surface area contributed by atoms with Gasteiger partial charge in [-0.2, -0.15) is 0 Å². The monoisotopic (exact) mass is 273 g/mol. The maximum Gasteiger partial charge on any atom is 0.133 e. The van der Waals surface area contributed by atoms with Crippen LogP contribution in [-0.4, -0.2) is 13.2 Å². The van der Waals surface area contributed by atoms with E-state index in [9.17, 15) is 0 Å². The lowest BCUT2D eigenvalue weighted by molar-refractivity contribution is 0.336. The number of anilines is 1. The molecule has 0 aliphatic carbocycles. The summed E-state index contributed by atoms with van der Waals surface area (Å²) in [5.74, 6) is 2.81. The third-order valence-corrected chi connectivity index (χ3v) is 2.57. The van der Waals surface area contributed by atoms with Gasteiger partial charge in [0.05, 0.1) is 13.2 Å². The molecule has 0 bridgehead atoms. The van der Waals surface area contributed by atoms with Crippen molar-refractivity contribution in [1.82, 2.24) is 0 Å². The highest BCUT2D eigenvalue weighted by Crippen LogP contribution is 2.30. The Morgan fingerprint density at radius 2 is 1.40 bits per heavy atom. The van der Waals surface area contributed by atoms with E-state index in [1.54, 1.807) is 12.1 Å². The lowest BCUT2D eigenvalue weighted by Crippen LogP contribution is -1.95. The van der Waals surface area contributed by atoms with E-state index in [-0.39, 0.29) is 0 Å². The number of nitrogens with two attached hydrogens (primary N) is 1. The zero-order chi connectivity index (χ0) is 14.4. The van der Waals surface area contributed by atoms with E-state index in [1.165, 1.54) is 0 Å². The Hall–Kier alpha value is -2.36. The molecule has 4 nitrogen and oxygen atoms in total. The van der Waals surface area contributed by atoms with Crippen molar-refractivity contribution >= 4 is 5.69 Å².